The van der Waals surface area contributed by atoms with Crippen molar-refractivity contribution in [3.05, 3.63) is 47.4 Å². The van der Waals surface area contributed by atoms with Crippen LogP contribution in [-0.4, -0.2) is 19.9 Å². The number of benzene rings is 1. The van der Waals surface area contributed by atoms with Crippen LogP contribution in [0.3, 0.4) is 0 Å². The molecular weight excluding hydrogens is 262 g/mol. The third-order valence-corrected chi connectivity index (χ3v) is 3.52. The molecule has 7 heteroatoms. The highest BCUT2D eigenvalue weighted by molar-refractivity contribution is 7.99. The Morgan fingerprint density at radius 3 is 2.89 bits per heavy atom. The van der Waals surface area contributed by atoms with Gasteiger partial charge in [0.15, 0.2) is 0 Å². The van der Waals surface area contributed by atoms with Gasteiger partial charge in [-0.3, -0.25) is 9.78 Å². The molecule has 2 aromatic heterocycles. The zero-order valence-corrected chi connectivity index (χ0v) is 10.5. The molecule has 3 aromatic rings. The Labute approximate surface area is 112 Å². The monoisotopic (exact) mass is 271 g/mol. The third kappa shape index (κ3) is 2.27. The molecule has 0 fully saturated rings. The molecule has 2 heterocycles. The summed E-state index contributed by atoms with van der Waals surface area (Å²) in [6.07, 6.45) is 6.24. The van der Waals surface area contributed by atoms with Gasteiger partial charge < -0.3 is 10.7 Å². The molecule has 1 aromatic carbocycles. The van der Waals surface area contributed by atoms with Gasteiger partial charge in [0.1, 0.15) is 5.03 Å². The Morgan fingerprint density at radius 2 is 2.11 bits per heavy atom. The van der Waals surface area contributed by atoms with Gasteiger partial charge in [0.05, 0.1) is 23.4 Å². The minimum Gasteiger partial charge on any atom is -0.398 e. The van der Waals surface area contributed by atoms with E-state index in [4.69, 9.17) is 5.73 Å². The van der Waals surface area contributed by atoms with Gasteiger partial charge in [0.25, 0.3) is 5.56 Å². The maximum atomic E-state index is 11.6. The van der Waals surface area contributed by atoms with Crippen LogP contribution < -0.4 is 11.3 Å². The molecular formula is C12H9N5OS. The number of nitrogens with two attached hydrogens (primary N) is 1. The van der Waals surface area contributed by atoms with Gasteiger partial charge in [-0.15, -0.1) is 0 Å². The number of H-pyrrole nitrogens is 1. The number of aromatic amines is 1. The lowest BCUT2D eigenvalue weighted by Crippen LogP contribution is -2.07. The molecule has 3 rings (SSSR count). The average molecular weight is 271 g/mol. The van der Waals surface area contributed by atoms with Crippen LogP contribution in [0.5, 0.6) is 0 Å². The minimum absolute atomic E-state index is 0.201. The van der Waals surface area contributed by atoms with Gasteiger partial charge >= 0.3 is 0 Å². The first-order valence-corrected chi connectivity index (χ1v) is 6.26. The van der Waals surface area contributed by atoms with Crippen molar-refractivity contribution in [1.29, 1.82) is 0 Å². The number of nitrogens with zero attached hydrogens (tertiary/aromatic N) is 3. The van der Waals surface area contributed by atoms with E-state index in [1.165, 1.54) is 18.1 Å². The summed E-state index contributed by atoms with van der Waals surface area (Å²) in [5, 5.41) is 1.21. The Balaban J connectivity index is 2.10. The SMILES string of the molecule is Nc1cc2c(=O)[nH]cnc2cc1Sc1cnccn1. The molecule has 0 aliphatic rings. The molecule has 0 saturated heterocycles. The van der Waals surface area contributed by atoms with E-state index < -0.39 is 0 Å². The number of fused-ring (bicyclic) bond motifs is 1. The Morgan fingerprint density at radius 1 is 1.21 bits per heavy atom. The number of aromatic nitrogens is 4. The van der Waals surface area contributed by atoms with Crippen LogP contribution in [0.25, 0.3) is 10.9 Å². The lowest BCUT2D eigenvalue weighted by atomic mass is 10.2. The second-order valence-electron chi connectivity index (χ2n) is 3.78. The second kappa shape index (κ2) is 4.69. The summed E-state index contributed by atoms with van der Waals surface area (Å²) < 4.78 is 0. The van der Waals surface area contributed by atoms with Crippen molar-refractivity contribution in [3.8, 4) is 0 Å². The normalized spacial score (nSPS) is 10.7. The van der Waals surface area contributed by atoms with E-state index in [9.17, 15) is 4.79 Å². The minimum atomic E-state index is -0.201. The number of hydrogen-bond donors (Lipinski definition) is 2. The number of anilines is 1. The summed E-state index contributed by atoms with van der Waals surface area (Å²) >= 11 is 1.38. The standard InChI is InChI=1S/C12H9N5OS/c13-8-3-7-9(16-6-17-12(7)18)4-10(8)19-11-5-14-1-2-15-11/h1-6H,13H2,(H,16,17,18). The van der Waals surface area contributed by atoms with E-state index in [0.717, 1.165) is 9.92 Å². The van der Waals surface area contributed by atoms with Crippen molar-refractivity contribution in [2.45, 2.75) is 9.92 Å². The quantitative estimate of drug-likeness (QED) is 0.684. The smallest absolute Gasteiger partial charge is 0.258 e. The Kier molecular flexibility index (Phi) is 2.88. The maximum absolute atomic E-state index is 11.6. The topological polar surface area (TPSA) is 97.6 Å². The molecule has 94 valence electrons. The molecule has 0 saturated carbocycles. The first-order valence-electron chi connectivity index (χ1n) is 5.45. The number of hydrogen-bond acceptors (Lipinski definition) is 6. The van der Waals surface area contributed by atoms with Gasteiger partial charge in [0.2, 0.25) is 0 Å². The second-order valence-corrected chi connectivity index (χ2v) is 4.85. The fraction of sp³-hybridized carbons (Fsp3) is 0. The Bertz CT molecular complexity index is 787. The summed E-state index contributed by atoms with van der Waals surface area (Å²) in [5.41, 5.74) is 6.87. The number of rotatable bonds is 2. The summed E-state index contributed by atoms with van der Waals surface area (Å²) in [5.74, 6) is 0. The van der Waals surface area contributed by atoms with Crippen LogP contribution >= 0.6 is 11.8 Å². The lowest BCUT2D eigenvalue weighted by Gasteiger charge is -2.05. The molecule has 6 nitrogen and oxygen atoms in total. The summed E-state index contributed by atoms with van der Waals surface area (Å²) in [6.45, 7) is 0. The van der Waals surface area contributed by atoms with Gasteiger partial charge in [0, 0.05) is 23.0 Å². The molecule has 0 spiro atoms. The van der Waals surface area contributed by atoms with E-state index in [2.05, 4.69) is 19.9 Å². The highest BCUT2D eigenvalue weighted by atomic mass is 32.2. The van der Waals surface area contributed by atoms with Crippen LogP contribution in [0.15, 0.2) is 51.8 Å². The van der Waals surface area contributed by atoms with Crippen LogP contribution in [0.1, 0.15) is 0 Å². The van der Waals surface area contributed by atoms with Crippen molar-refractivity contribution in [2.24, 2.45) is 0 Å². The van der Waals surface area contributed by atoms with Gasteiger partial charge in [-0.2, -0.15) is 0 Å². The molecule has 0 bridgehead atoms. The zero-order chi connectivity index (χ0) is 13.2. The lowest BCUT2D eigenvalue weighted by molar-refractivity contribution is 1.05. The van der Waals surface area contributed by atoms with E-state index in [1.54, 1.807) is 30.7 Å². The first kappa shape index (κ1) is 11.7. The fourth-order valence-electron chi connectivity index (χ4n) is 1.65. The average Bonchev–Trinajstić information content (AvgIpc) is 2.42. The summed E-state index contributed by atoms with van der Waals surface area (Å²) in [4.78, 5) is 27.2. The maximum Gasteiger partial charge on any atom is 0.258 e. The van der Waals surface area contributed by atoms with Gasteiger partial charge in [-0.1, -0.05) is 11.8 Å². The molecule has 19 heavy (non-hydrogen) atoms. The van der Waals surface area contributed by atoms with Crippen molar-refractivity contribution in [3.63, 3.8) is 0 Å². The number of nitrogen functional groups attached to an aromatic ring is 1. The van der Waals surface area contributed by atoms with E-state index in [1.807, 2.05) is 0 Å². The van der Waals surface area contributed by atoms with Crippen molar-refractivity contribution >= 4 is 28.4 Å². The van der Waals surface area contributed by atoms with E-state index >= 15 is 0 Å². The molecule has 0 unspecified atom stereocenters. The molecule has 0 amide bonds. The molecule has 3 N–H and O–H groups in total. The molecule has 0 aliphatic heterocycles. The number of nitrogens with one attached hydrogen (secondary N) is 1. The largest absolute Gasteiger partial charge is 0.398 e. The molecule has 0 aliphatic carbocycles. The van der Waals surface area contributed by atoms with Gasteiger partial charge in [-0.25, -0.2) is 9.97 Å². The van der Waals surface area contributed by atoms with Crippen LogP contribution in [-0.2, 0) is 0 Å². The molecule has 0 radical (unpaired) electrons. The summed E-state index contributed by atoms with van der Waals surface area (Å²) in [6, 6.07) is 3.40. The third-order valence-electron chi connectivity index (χ3n) is 2.53. The van der Waals surface area contributed by atoms with E-state index in [0.29, 0.717) is 16.6 Å². The zero-order valence-electron chi connectivity index (χ0n) is 9.70. The Hall–Kier alpha value is -2.41. The van der Waals surface area contributed by atoms with Crippen molar-refractivity contribution in [2.75, 3.05) is 5.73 Å². The van der Waals surface area contributed by atoms with Crippen molar-refractivity contribution < 1.29 is 0 Å². The van der Waals surface area contributed by atoms with Crippen LogP contribution in [0.2, 0.25) is 0 Å². The highest BCUT2D eigenvalue weighted by Crippen LogP contribution is 2.32. The first-order chi connectivity index (χ1) is 9.24. The van der Waals surface area contributed by atoms with Gasteiger partial charge in [-0.05, 0) is 12.1 Å². The predicted octanol–water partition coefficient (Wildman–Crippen LogP) is 1.45. The fourth-order valence-corrected chi connectivity index (χ4v) is 2.45. The van der Waals surface area contributed by atoms with Crippen LogP contribution in [0, 0.1) is 0 Å². The van der Waals surface area contributed by atoms with Crippen LogP contribution in [0.4, 0.5) is 5.69 Å². The highest BCUT2D eigenvalue weighted by Gasteiger charge is 2.08. The summed E-state index contributed by atoms with van der Waals surface area (Å²) in [7, 11) is 0. The van der Waals surface area contributed by atoms with E-state index in [-0.39, 0.29) is 5.56 Å². The van der Waals surface area contributed by atoms with Crippen molar-refractivity contribution in [1.82, 2.24) is 19.9 Å². The predicted molar refractivity (Wildman–Crippen MR) is 72.9 cm³/mol. The molecule has 0 atom stereocenters.